The van der Waals surface area contributed by atoms with Crippen LogP contribution in [0.15, 0.2) is 35.5 Å². The Balaban J connectivity index is 2.16. The van der Waals surface area contributed by atoms with E-state index in [1.165, 1.54) is 7.11 Å². The Morgan fingerprint density at radius 2 is 2.04 bits per heavy atom. The van der Waals surface area contributed by atoms with Crippen molar-refractivity contribution < 1.29 is 14.3 Å². The van der Waals surface area contributed by atoms with Crippen molar-refractivity contribution in [2.75, 3.05) is 12.4 Å². The normalized spacial score (nSPS) is 16.6. The number of aromatic nitrogens is 1. The summed E-state index contributed by atoms with van der Waals surface area (Å²) in [7, 11) is 3.20. The van der Waals surface area contributed by atoms with E-state index in [4.69, 9.17) is 16.3 Å². The maximum atomic E-state index is 12.5. The minimum atomic E-state index is -0.852. The molecule has 3 rings (SSSR count). The highest BCUT2D eigenvalue weighted by Gasteiger charge is 2.30. The predicted molar refractivity (Wildman–Crippen MR) is 96.3 cm³/mol. The lowest BCUT2D eigenvalue weighted by Crippen LogP contribution is -2.28. The van der Waals surface area contributed by atoms with Gasteiger partial charge < -0.3 is 14.6 Å². The van der Waals surface area contributed by atoms with Crippen LogP contribution in [0.3, 0.4) is 0 Å². The number of fused-ring (bicyclic) bond motifs is 1. The number of nitrogens with zero attached hydrogens (tertiary/aromatic N) is 2. The molecule has 1 N–H and O–H groups in total. The first-order chi connectivity index (χ1) is 11.9. The molecular weight excluding hydrogens is 342 g/mol. The number of methoxy groups -OCH3 is 1. The molecule has 2 heterocycles. The molecule has 0 fully saturated rings. The topological polar surface area (TPSA) is 72.7 Å². The maximum Gasteiger partial charge on any atom is 0.308 e. The Morgan fingerprint density at radius 3 is 2.68 bits per heavy atom. The predicted octanol–water partition coefficient (Wildman–Crippen LogP) is 2.71. The first-order valence-corrected chi connectivity index (χ1v) is 8.16. The van der Waals surface area contributed by atoms with Crippen LogP contribution in [0.25, 0.3) is 0 Å². The number of ether oxygens (including phenoxy) is 1. The summed E-state index contributed by atoms with van der Waals surface area (Å²) in [5.41, 5.74) is 3.95. The third kappa shape index (κ3) is 3.30. The molecule has 0 saturated heterocycles. The highest BCUT2D eigenvalue weighted by molar-refractivity contribution is 6.31. The van der Waals surface area contributed by atoms with E-state index in [1.54, 1.807) is 12.1 Å². The third-order valence-corrected chi connectivity index (χ3v) is 4.52. The smallest absolute Gasteiger partial charge is 0.308 e. The zero-order valence-corrected chi connectivity index (χ0v) is 14.9. The quantitative estimate of drug-likeness (QED) is 0.856. The van der Waals surface area contributed by atoms with Crippen molar-refractivity contribution in [1.29, 1.82) is 0 Å². The number of carbonyl (C=O) groups excluding carboxylic acids is 2. The van der Waals surface area contributed by atoms with Crippen LogP contribution >= 0.6 is 11.6 Å². The molecule has 0 bridgehead atoms. The lowest BCUT2D eigenvalue weighted by atomic mass is 10.0. The van der Waals surface area contributed by atoms with E-state index in [1.807, 2.05) is 36.9 Å². The van der Waals surface area contributed by atoms with Gasteiger partial charge in [-0.15, -0.1) is 0 Å². The number of rotatable bonds is 3. The first-order valence-electron chi connectivity index (χ1n) is 7.78. The van der Waals surface area contributed by atoms with Crippen LogP contribution in [0, 0.1) is 6.92 Å². The third-order valence-electron chi connectivity index (χ3n) is 4.27. The van der Waals surface area contributed by atoms with Gasteiger partial charge in [0.1, 0.15) is 6.04 Å². The second-order valence-electron chi connectivity index (χ2n) is 5.88. The van der Waals surface area contributed by atoms with Crippen molar-refractivity contribution in [3.05, 3.63) is 52.3 Å². The molecule has 0 saturated carbocycles. The summed E-state index contributed by atoms with van der Waals surface area (Å²) in [5.74, 6) is -0.815. The van der Waals surface area contributed by atoms with Gasteiger partial charge in [0.15, 0.2) is 0 Å². The van der Waals surface area contributed by atoms with E-state index in [0.717, 1.165) is 16.8 Å². The molecule has 1 aromatic carbocycles. The monoisotopic (exact) mass is 359 g/mol. The van der Waals surface area contributed by atoms with E-state index < -0.39 is 12.0 Å². The van der Waals surface area contributed by atoms with Crippen molar-refractivity contribution in [2.45, 2.75) is 19.4 Å². The Kier molecular flexibility index (Phi) is 4.63. The van der Waals surface area contributed by atoms with Crippen molar-refractivity contribution in [3.63, 3.8) is 0 Å². The number of halogens is 1. The van der Waals surface area contributed by atoms with Gasteiger partial charge >= 0.3 is 5.97 Å². The SMILES string of the molecule is COC(=O)CC1N=C(c2ccc(Cl)cc2)c2c(cn(C)c2C)NC1=O. The molecule has 25 heavy (non-hydrogen) atoms. The fourth-order valence-corrected chi connectivity index (χ4v) is 2.95. The summed E-state index contributed by atoms with van der Waals surface area (Å²) in [6, 6.07) is 6.39. The van der Waals surface area contributed by atoms with Gasteiger partial charge in [0.2, 0.25) is 5.91 Å². The highest BCUT2D eigenvalue weighted by Crippen LogP contribution is 2.29. The molecule has 2 aromatic rings. The molecule has 0 spiro atoms. The van der Waals surface area contributed by atoms with Crippen molar-refractivity contribution >= 4 is 34.9 Å². The Bertz CT molecular complexity index is 868. The minimum Gasteiger partial charge on any atom is -0.469 e. The summed E-state index contributed by atoms with van der Waals surface area (Å²) in [6.07, 6.45) is 1.73. The largest absolute Gasteiger partial charge is 0.469 e. The summed E-state index contributed by atoms with van der Waals surface area (Å²) in [6.45, 7) is 1.96. The molecule has 1 atom stereocenters. The van der Waals surface area contributed by atoms with Gasteiger partial charge in [-0.3, -0.25) is 14.6 Å². The number of benzene rings is 1. The van der Waals surface area contributed by atoms with E-state index in [-0.39, 0.29) is 12.3 Å². The van der Waals surface area contributed by atoms with E-state index in [2.05, 4.69) is 10.3 Å². The number of amides is 1. The second kappa shape index (κ2) is 6.72. The highest BCUT2D eigenvalue weighted by atomic mass is 35.5. The zero-order chi connectivity index (χ0) is 18.1. The summed E-state index contributed by atoms with van der Waals surface area (Å²) < 4.78 is 6.62. The van der Waals surface area contributed by atoms with Crippen LogP contribution < -0.4 is 5.32 Å². The molecule has 1 aliphatic heterocycles. The average Bonchev–Trinajstić information content (AvgIpc) is 2.78. The van der Waals surface area contributed by atoms with Crippen molar-refractivity contribution in [3.8, 4) is 0 Å². The Labute approximate surface area is 150 Å². The van der Waals surface area contributed by atoms with E-state index in [9.17, 15) is 9.59 Å². The molecule has 1 amide bonds. The number of nitrogens with one attached hydrogen (secondary N) is 1. The number of anilines is 1. The van der Waals surface area contributed by atoms with Crippen molar-refractivity contribution in [1.82, 2.24) is 4.57 Å². The number of esters is 1. The number of aryl methyl sites for hydroxylation is 1. The molecule has 1 aromatic heterocycles. The first kappa shape index (κ1) is 17.2. The van der Waals surface area contributed by atoms with Gasteiger partial charge in [-0.1, -0.05) is 23.7 Å². The van der Waals surface area contributed by atoms with Gasteiger partial charge in [0.05, 0.1) is 24.9 Å². The van der Waals surface area contributed by atoms with Crippen LogP contribution in [0.2, 0.25) is 5.02 Å². The lowest BCUT2D eigenvalue weighted by Gasteiger charge is -2.11. The van der Waals surface area contributed by atoms with E-state index >= 15 is 0 Å². The standard InChI is InChI=1S/C18H18ClN3O3/c1-10-16-14(9-22(10)2)21-18(24)13(8-15(23)25-3)20-17(16)11-4-6-12(19)7-5-11/h4-7,9,13H,8H2,1-3H3,(H,21,24). The molecule has 0 radical (unpaired) electrons. The summed E-state index contributed by atoms with van der Waals surface area (Å²) in [5, 5.41) is 3.48. The number of carbonyl (C=O) groups is 2. The second-order valence-corrected chi connectivity index (χ2v) is 6.32. The van der Waals surface area contributed by atoms with Gasteiger partial charge in [-0.2, -0.15) is 0 Å². The van der Waals surface area contributed by atoms with Gasteiger partial charge in [-0.05, 0) is 19.1 Å². The molecular formula is C18H18ClN3O3. The molecule has 1 unspecified atom stereocenters. The molecule has 0 aliphatic carbocycles. The Morgan fingerprint density at radius 1 is 1.36 bits per heavy atom. The van der Waals surface area contributed by atoms with Crippen LogP contribution in [0.5, 0.6) is 0 Å². The van der Waals surface area contributed by atoms with Crippen LogP contribution in [0.1, 0.15) is 23.2 Å². The molecule has 130 valence electrons. The summed E-state index contributed by atoms with van der Waals surface area (Å²) in [4.78, 5) is 28.8. The van der Waals surface area contributed by atoms with Crippen LogP contribution in [0.4, 0.5) is 5.69 Å². The fourth-order valence-electron chi connectivity index (χ4n) is 2.82. The van der Waals surface area contributed by atoms with Gasteiger partial charge in [-0.25, -0.2) is 0 Å². The minimum absolute atomic E-state index is 0.116. The zero-order valence-electron chi connectivity index (χ0n) is 14.2. The van der Waals surface area contributed by atoms with Crippen LogP contribution in [-0.4, -0.2) is 35.3 Å². The summed E-state index contributed by atoms with van der Waals surface area (Å²) >= 11 is 5.99. The molecule has 7 heteroatoms. The lowest BCUT2D eigenvalue weighted by molar-refractivity contribution is -0.142. The average molecular weight is 360 g/mol. The van der Waals surface area contributed by atoms with Gasteiger partial charge in [0, 0.05) is 35.1 Å². The van der Waals surface area contributed by atoms with Gasteiger partial charge in [0.25, 0.3) is 0 Å². The molecule has 6 nitrogen and oxygen atoms in total. The number of hydrogen-bond acceptors (Lipinski definition) is 4. The fraction of sp³-hybridized carbons (Fsp3) is 0.278. The van der Waals surface area contributed by atoms with E-state index in [0.29, 0.717) is 16.4 Å². The number of hydrogen-bond donors (Lipinski definition) is 1. The van der Waals surface area contributed by atoms with Crippen LogP contribution in [-0.2, 0) is 21.4 Å². The number of aliphatic imine (C=N–C) groups is 1. The Hall–Kier alpha value is -2.60. The molecule has 1 aliphatic rings. The maximum absolute atomic E-state index is 12.5. The van der Waals surface area contributed by atoms with Crippen molar-refractivity contribution in [2.24, 2.45) is 12.0 Å².